The number of hydrogen-bond donors (Lipinski definition) is 0. The van der Waals surface area contributed by atoms with Gasteiger partial charge in [-0.1, -0.05) is 36.5 Å². The van der Waals surface area contributed by atoms with E-state index in [1.54, 1.807) is 11.1 Å². The van der Waals surface area contributed by atoms with Crippen LogP contribution in [0.4, 0.5) is 10.6 Å². The zero-order chi connectivity index (χ0) is 36.7. The maximum Gasteiger partial charge on any atom is 0.416 e. The Balaban J connectivity index is 1.37. The highest BCUT2D eigenvalue weighted by atomic mass is 16.6. The number of ether oxygens (including phenoxy) is 6. The molecule has 1 aliphatic heterocycles. The Morgan fingerprint density at radius 2 is 1.69 bits per heavy atom. The number of azide groups is 1. The fraction of sp³-hybridized carbons (Fsp3) is 0.676. The molecule has 282 valence electrons. The van der Waals surface area contributed by atoms with Gasteiger partial charge in [-0.15, -0.1) is 0 Å². The molecule has 3 rings (SSSR count). The number of fused-ring (bicyclic) bond motifs is 1. The zero-order valence-electron chi connectivity index (χ0n) is 30.8. The van der Waals surface area contributed by atoms with Crippen LogP contribution in [0.25, 0.3) is 10.4 Å². The van der Waals surface area contributed by atoms with Crippen LogP contribution in [-0.2, 0) is 41.3 Å². The molecule has 51 heavy (non-hydrogen) atoms. The summed E-state index contributed by atoms with van der Waals surface area (Å²) in [5.41, 5.74) is 10.7. The molecule has 0 fully saturated rings. The smallest absolute Gasteiger partial charge is 0.416 e. The highest BCUT2D eigenvalue weighted by Crippen LogP contribution is 2.29. The molecule has 1 amide bonds. The zero-order valence-corrected chi connectivity index (χ0v) is 30.8. The SMILES string of the molecule is CCOC(=O)C[C@H](CCCCCCc1ccc2c(n1)N(C(=O)OC(C)(C)C)CCC2)c1ccc(OCCOCCOCCOCCN=[N+]=[N-])nc1. The van der Waals surface area contributed by atoms with Crippen molar-refractivity contribution in [1.82, 2.24) is 9.97 Å². The first-order valence-electron chi connectivity index (χ1n) is 18.2. The molecular formula is C37H56N6O8. The van der Waals surface area contributed by atoms with E-state index in [-0.39, 0.29) is 18.0 Å². The summed E-state index contributed by atoms with van der Waals surface area (Å²) in [4.78, 5) is 38.9. The summed E-state index contributed by atoms with van der Waals surface area (Å²) < 4.78 is 32.9. The number of aromatic nitrogens is 2. The van der Waals surface area contributed by atoms with Crippen LogP contribution < -0.4 is 9.64 Å². The van der Waals surface area contributed by atoms with E-state index in [1.807, 2.05) is 39.8 Å². The third-order valence-electron chi connectivity index (χ3n) is 8.02. The number of esters is 1. The van der Waals surface area contributed by atoms with Crippen molar-refractivity contribution in [3.05, 3.63) is 57.7 Å². The van der Waals surface area contributed by atoms with E-state index in [0.717, 1.165) is 74.0 Å². The summed E-state index contributed by atoms with van der Waals surface area (Å²) in [6, 6.07) is 7.98. The van der Waals surface area contributed by atoms with Gasteiger partial charge in [-0.3, -0.25) is 9.69 Å². The highest BCUT2D eigenvalue weighted by molar-refractivity contribution is 5.88. The Hall–Kier alpha value is -3.97. The fourth-order valence-electron chi connectivity index (χ4n) is 5.59. The van der Waals surface area contributed by atoms with E-state index < -0.39 is 5.60 Å². The van der Waals surface area contributed by atoms with Crippen molar-refractivity contribution in [1.29, 1.82) is 0 Å². The number of aryl methyl sites for hydroxylation is 2. The van der Waals surface area contributed by atoms with Crippen LogP contribution >= 0.6 is 0 Å². The molecule has 14 nitrogen and oxygen atoms in total. The van der Waals surface area contributed by atoms with Crippen LogP contribution in [0, 0.1) is 0 Å². The number of anilines is 1. The lowest BCUT2D eigenvalue weighted by atomic mass is 9.91. The first kappa shape index (κ1) is 41.5. The predicted octanol–water partition coefficient (Wildman–Crippen LogP) is 7.13. The molecule has 3 heterocycles. The Bertz CT molecular complexity index is 1360. The highest BCUT2D eigenvalue weighted by Gasteiger charge is 2.28. The predicted molar refractivity (Wildman–Crippen MR) is 193 cm³/mol. The van der Waals surface area contributed by atoms with Gasteiger partial charge in [0.25, 0.3) is 0 Å². The minimum Gasteiger partial charge on any atom is -0.475 e. The molecular weight excluding hydrogens is 656 g/mol. The van der Waals surface area contributed by atoms with Crippen LogP contribution in [0.15, 0.2) is 35.6 Å². The molecule has 2 aromatic heterocycles. The number of carbonyl (C=O) groups is 2. The average Bonchev–Trinajstić information content (AvgIpc) is 3.10. The molecule has 0 saturated carbocycles. The van der Waals surface area contributed by atoms with Crippen molar-refractivity contribution >= 4 is 17.9 Å². The Labute approximate surface area is 302 Å². The largest absolute Gasteiger partial charge is 0.475 e. The number of hydrogen-bond acceptors (Lipinski definition) is 11. The van der Waals surface area contributed by atoms with Crippen LogP contribution in [0.5, 0.6) is 5.88 Å². The summed E-state index contributed by atoms with van der Waals surface area (Å²) in [5.74, 6) is 1.03. The molecule has 0 unspecified atom stereocenters. The van der Waals surface area contributed by atoms with Gasteiger partial charge in [0.15, 0.2) is 0 Å². The third kappa shape index (κ3) is 16.7. The van der Waals surface area contributed by atoms with Crippen molar-refractivity contribution in [3.8, 4) is 5.88 Å². The van der Waals surface area contributed by atoms with Crippen LogP contribution in [0.1, 0.15) is 95.4 Å². The van der Waals surface area contributed by atoms with Gasteiger partial charge in [-0.05, 0) is 88.4 Å². The minimum atomic E-state index is -0.557. The van der Waals surface area contributed by atoms with E-state index in [0.29, 0.717) is 78.2 Å². The number of amides is 1. The number of pyridine rings is 2. The average molecular weight is 713 g/mol. The van der Waals surface area contributed by atoms with E-state index in [1.165, 1.54) is 0 Å². The summed E-state index contributed by atoms with van der Waals surface area (Å²) >= 11 is 0. The molecule has 14 heteroatoms. The number of rotatable bonds is 24. The standard InChI is InChI=1S/C37H56N6O8/c1-5-49-34(44)27-30(31-15-17-33(39-28-31)50-26-25-48-24-23-47-22-21-46-20-18-40-42-38)11-8-6-7-9-13-32-16-14-29-12-10-19-43(35(29)41-32)36(45)51-37(2,3)4/h14-17,28,30H,5-13,18-27H2,1-4H3/t30-/m0/s1. The lowest BCUT2D eigenvalue weighted by molar-refractivity contribution is -0.143. The molecule has 0 radical (unpaired) electrons. The molecule has 0 aromatic carbocycles. The first-order valence-corrected chi connectivity index (χ1v) is 18.2. The minimum absolute atomic E-state index is 0.00605. The second-order valence-electron chi connectivity index (χ2n) is 13.2. The van der Waals surface area contributed by atoms with Crippen molar-refractivity contribution in [2.75, 3.05) is 70.8 Å². The van der Waals surface area contributed by atoms with E-state index in [9.17, 15) is 9.59 Å². The maximum atomic E-state index is 12.8. The van der Waals surface area contributed by atoms with Crippen molar-refractivity contribution < 1.29 is 38.0 Å². The van der Waals surface area contributed by atoms with Gasteiger partial charge in [0.05, 0.1) is 52.7 Å². The molecule has 1 atom stereocenters. The molecule has 0 bridgehead atoms. The van der Waals surface area contributed by atoms with Crippen molar-refractivity contribution in [3.63, 3.8) is 0 Å². The van der Waals surface area contributed by atoms with Gasteiger partial charge in [-0.2, -0.15) is 0 Å². The van der Waals surface area contributed by atoms with Gasteiger partial charge in [0.1, 0.15) is 18.0 Å². The number of carbonyl (C=O) groups excluding carboxylic acids is 2. The summed E-state index contributed by atoms with van der Waals surface area (Å²) in [6.45, 7) is 11.6. The van der Waals surface area contributed by atoms with E-state index >= 15 is 0 Å². The first-order chi connectivity index (χ1) is 24.7. The second kappa shape index (κ2) is 23.5. The Morgan fingerprint density at radius 1 is 0.961 bits per heavy atom. The van der Waals surface area contributed by atoms with Gasteiger partial charge in [-0.25, -0.2) is 14.8 Å². The van der Waals surface area contributed by atoms with Crippen LogP contribution in [0.3, 0.4) is 0 Å². The molecule has 0 saturated heterocycles. The second-order valence-corrected chi connectivity index (χ2v) is 13.2. The molecule has 2 aromatic rings. The number of nitrogens with zero attached hydrogens (tertiary/aromatic N) is 6. The Kier molecular flexibility index (Phi) is 19.1. The lowest BCUT2D eigenvalue weighted by Gasteiger charge is -2.31. The Morgan fingerprint density at radius 3 is 2.37 bits per heavy atom. The van der Waals surface area contributed by atoms with Crippen LogP contribution in [-0.4, -0.2) is 93.6 Å². The third-order valence-corrected chi connectivity index (χ3v) is 8.02. The van der Waals surface area contributed by atoms with E-state index in [4.69, 9.17) is 38.9 Å². The van der Waals surface area contributed by atoms with Gasteiger partial charge in [0.2, 0.25) is 5.88 Å². The lowest BCUT2D eigenvalue weighted by Crippen LogP contribution is -2.40. The van der Waals surface area contributed by atoms with Gasteiger partial charge in [0, 0.05) is 36.0 Å². The molecule has 0 spiro atoms. The van der Waals surface area contributed by atoms with Crippen LogP contribution in [0.2, 0.25) is 0 Å². The quantitative estimate of drug-likeness (QED) is 0.0359. The molecule has 0 N–H and O–H groups in total. The van der Waals surface area contributed by atoms with Gasteiger partial charge < -0.3 is 28.4 Å². The normalized spacial score (nSPS) is 13.2. The maximum absolute atomic E-state index is 12.8. The summed E-state index contributed by atoms with van der Waals surface area (Å²) in [7, 11) is 0. The number of unbranched alkanes of at least 4 members (excludes halogenated alkanes) is 3. The van der Waals surface area contributed by atoms with Crippen molar-refractivity contribution in [2.24, 2.45) is 5.11 Å². The monoisotopic (exact) mass is 712 g/mol. The summed E-state index contributed by atoms with van der Waals surface area (Å²) in [6.07, 6.45) is 9.26. The topological polar surface area (TPSA) is 167 Å². The molecule has 1 aliphatic rings. The van der Waals surface area contributed by atoms with E-state index in [2.05, 4.69) is 27.1 Å². The van der Waals surface area contributed by atoms with Crippen molar-refractivity contribution in [2.45, 2.75) is 97.0 Å². The van der Waals surface area contributed by atoms with Gasteiger partial charge >= 0.3 is 12.1 Å². The fourth-order valence-corrected chi connectivity index (χ4v) is 5.59. The summed E-state index contributed by atoms with van der Waals surface area (Å²) in [5, 5.41) is 3.39. The molecule has 0 aliphatic carbocycles.